The maximum Gasteiger partial charge on any atom is 0.414 e. The molecule has 2 amide bonds. The molecule has 1 aliphatic heterocycles. The summed E-state index contributed by atoms with van der Waals surface area (Å²) in [6, 6.07) is 0. The second-order valence-corrected chi connectivity index (χ2v) is 8.33. The third-order valence-corrected chi connectivity index (χ3v) is 5.46. The number of guanidine groups is 1. The Labute approximate surface area is 189 Å². The van der Waals surface area contributed by atoms with Crippen molar-refractivity contribution in [2.75, 3.05) is 19.6 Å². The zero-order chi connectivity index (χ0) is 23.2. The van der Waals surface area contributed by atoms with E-state index in [9.17, 15) is 9.59 Å². The second kappa shape index (κ2) is 21.4. The fraction of sp³-hybridized carbons (Fsp3) is 0.870. The van der Waals surface area contributed by atoms with Gasteiger partial charge < -0.3 is 22.3 Å². The first-order valence-electron chi connectivity index (χ1n) is 12.3. The number of likely N-dealkylation sites (tertiary alicyclic amines) is 1. The summed E-state index contributed by atoms with van der Waals surface area (Å²) < 4.78 is 0. The lowest BCUT2D eigenvalue weighted by Gasteiger charge is -2.05. The highest BCUT2D eigenvalue weighted by atomic mass is 16.4. The topological polar surface area (TPSA) is 148 Å². The number of unbranched alkanes of at least 4 members (excludes halogenated alkanes) is 14. The summed E-state index contributed by atoms with van der Waals surface area (Å²) >= 11 is 0. The zero-order valence-corrected chi connectivity index (χ0v) is 19.5. The van der Waals surface area contributed by atoms with Crippen LogP contribution in [0.15, 0.2) is 4.99 Å². The first-order chi connectivity index (χ1) is 15.0. The highest BCUT2D eigenvalue weighted by Crippen LogP contribution is 2.13. The molecule has 0 saturated carbocycles. The van der Waals surface area contributed by atoms with Crippen LogP contribution >= 0.6 is 0 Å². The molecule has 1 fully saturated rings. The minimum atomic E-state index is -1.13. The third-order valence-electron chi connectivity index (χ3n) is 5.46. The number of hydrogen-bond donors (Lipinski definition) is 4. The molecule has 0 aliphatic carbocycles. The van der Waals surface area contributed by atoms with Crippen molar-refractivity contribution in [1.82, 2.24) is 4.90 Å². The van der Waals surface area contributed by atoms with Crippen LogP contribution in [0.5, 0.6) is 0 Å². The van der Waals surface area contributed by atoms with Gasteiger partial charge in [0, 0.05) is 19.5 Å². The lowest BCUT2D eigenvalue weighted by atomic mass is 10.0. The van der Waals surface area contributed by atoms with Crippen LogP contribution < -0.4 is 17.2 Å². The number of carboxylic acid groups (broad SMARTS) is 1. The number of imide groups is 1. The fourth-order valence-electron chi connectivity index (χ4n) is 3.61. The average Bonchev–Trinajstić information content (AvgIpc) is 3.17. The fourth-order valence-corrected chi connectivity index (χ4v) is 3.61. The van der Waals surface area contributed by atoms with Crippen LogP contribution in [0.3, 0.4) is 0 Å². The first kappa shape index (κ1) is 29.2. The van der Waals surface area contributed by atoms with Gasteiger partial charge in [0.2, 0.25) is 5.91 Å². The Kier molecular flexibility index (Phi) is 20.1. The minimum Gasteiger partial charge on any atom is -0.465 e. The number of nitrogens with zero attached hydrogens (tertiary/aromatic N) is 2. The Hall–Kier alpha value is -1.83. The lowest BCUT2D eigenvalue weighted by molar-refractivity contribution is -0.125. The summed E-state index contributed by atoms with van der Waals surface area (Å²) in [5.41, 5.74) is 16.0. The summed E-state index contributed by atoms with van der Waals surface area (Å²) in [7, 11) is 0. The number of aliphatic imine (C=N–C) groups is 1. The summed E-state index contributed by atoms with van der Waals surface area (Å²) in [6.45, 7) is 2.01. The van der Waals surface area contributed by atoms with Crippen LogP contribution in [0, 0.1) is 0 Å². The number of carbonyl (C=O) groups excluding carboxylic acids is 1. The SMILES string of the molecule is NCCCCCCCCCCCCCCCCCN=C(N)N.O=C(O)N1CCCC1=O. The standard InChI is InChI=1S/C18H40N4.C5H7NO3/c19-16-14-12-10-8-6-4-2-1-3-5-7-9-11-13-15-17-22-18(20)21;7-4-2-1-3-6(4)5(8)9/h1-17,19H2,(H4,20,21,22);1-3H2,(H,8,9). The van der Waals surface area contributed by atoms with Crippen molar-refractivity contribution < 1.29 is 14.7 Å². The van der Waals surface area contributed by atoms with Crippen molar-refractivity contribution >= 4 is 18.0 Å². The number of carbonyl (C=O) groups is 2. The predicted octanol–water partition coefficient (Wildman–Crippen LogP) is 4.36. The van der Waals surface area contributed by atoms with Crippen LogP contribution in [-0.2, 0) is 4.79 Å². The third kappa shape index (κ3) is 19.9. The van der Waals surface area contributed by atoms with E-state index in [-0.39, 0.29) is 11.9 Å². The molecule has 1 rings (SSSR count). The van der Waals surface area contributed by atoms with Crippen molar-refractivity contribution in [1.29, 1.82) is 0 Å². The molecular formula is C23H47N5O3. The van der Waals surface area contributed by atoms with Gasteiger partial charge in [0.15, 0.2) is 5.96 Å². The van der Waals surface area contributed by atoms with Gasteiger partial charge in [-0.1, -0.05) is 83.5 Å². The lowest BCUT2D eigenvalue weighted by Crippen LogP contribution is -2.29. The molecule has 8 nitrogen and oxygen atoms in total. The number of hydrogen-bond acceptors (Lipinski definition) is 4. The molecule has 7 N–H and O–H groups in total. The number of amides is 2. The van der Waals surface area contributed by atoms with E-state index < -0.39 is 6.09 Å². The molecule has 8 heteroatoms. The first-order valence-corrected chi connectivity index (χ1v) is 12.3. The van der Waals surface area contributed by atoms with Gasteiger partial charge in [-0.25, -0.2) is 9.69 Å². The van der Waals surface area contributed by atoms with E-state index in [1.165, 1.54) is 89.9 Å². The van der Waals surface area contributed by atoms with Gasteiger partial charge in [0.25, 0.3) is 0 Å². The van der Waals surface area contributed by atoms with E-state index in [1.54, 1.807) is 0 Å². The van der Waals surface area contributed by atoms with Gasteiger partial charge in [-0.15, -0.1) is 0 Å². The Morgan fingerprint density at radius 1 is 0.806 bits per heavy atom. The van der Waals surface area contributed by atoms with Crippen LogP contribution in [0.4, 0.5) is 4.79 Å². The van der Waals surface area contributed by atoms with E-state index in [0.29, 0.717) is 19.4 Å². The Morgan fingerprint density at radius 2 is 1.23 bits per heavy atom. The monoisotopic (exact) mass is 441 g/mol. The van der Waals surface area contributed by atoms with Gasteiger partial charge >= 0.3 is 6.09 Å². The van der Waals surface area contributed by atoms with Crippen molar-refractivity contribution in [3.8, 4) is 0 Å². The smallest absolute Gasteiger partial charge is 0.414 e. The van der Waals surface area contributed by atoms with E-state index in [0.717, 1.165) is 24.4 Å². The van der Waals surface area contributed by atoms with Gasteiger partial charge in [0.05, 0.1) is 0 Å². The molecule has 1 aliphatic rings. The van der Waals surface area contributed by atoms with E-state index >= 15 is 0 Å². The molecule has 1 saturated heterocycles. The molecule has 0 aromatic rings. The quantitative estimate of drug-likeness (QED) is 0.150. The van der Waals surface area contributed by atoms with Gasteiger partial charge in [-0.2, -0.15) is 0 Å². The van der Waals surface area contributed by atoms with Crippen molar-refractivity contribution in [3.05, 3.63) is 0 Å². The molecule has 0 aromatic heterocycles. The summed E-state index contributed by atoms with van der Waals surface area (Å²) in [5, 5.41) is 8.29. The molecule has 0 spiro atoms. The predicted molar refractivity (Wildman–Crippen MR) is 128 cm³/mol. The zero-order valence-electron chi connectivity index (χ0n) is 19.5. The summed E-state index contributed by atoms with van der Waals surface area (Å²) in [6.07, 6.45) is 20.2. The molecule has 0 unspecified atom stereocenters. The van der Waals surface area contributed by atoms with Crippen LogP contribution in [0.1, 0.15) is 109 Å². The van der Waals surface area contributed by atoms with Crippen LogP contribution in [-0.4, -0.2) is 47.6 Å². The van der Waals surface area contributed by atoms with Crippen molar-refractivity contribution in [2.45, 2.75) is 109 Å². The second-order valence-electron chi connectivity index (χ2n) is 8.33. The van der Waals surface area contributed by atoms with Gasteiger partial charge in [-0.3, -0.25) is 9.79 Å². The molecule has 0 radical (unpaired) electrons. The maximum atomic E-state index is 10.6. The maximum absolute atomic E-state index is 10.6. The molecule has 0 atom stereocenters. The van der Waals surface area contributed by atoms with E-state index in [2.05, 4.69) is 4.99 Å². The van der Waals surface area contributed by atoms with Crippen LogP contribution in [0.2, 0.25) is 0 Å². The number of nitrogens with two attached hydrogens (primary N) is 3. The molecular weight excluding hydrogens is 394 g/mol. The largest absolute Gasteiger partial charge is 0.465 e. The Morgan fingerprint density at radius 3 is 1.52 bits per heavy atom. The van der Waals surface area contributed by atoms with Crippen molar-refractivity contribution in [2.24, 2.45) is 22.2 Å². The molecule has 0 aromatic carbocycles. The average molecular weight is 442 g/mol. The van der Waals surface area contributed by atoms with E-state index in [1.807, 2.05) is 0 Å². The van der Waals surface area contributed by atoms with Gasteiger partial charge in [0.1, 0.15) is 0 Å². The summed E-state index contributed by atoms with van der Waals surface area (Å²) in [5.74, 6) is -0.0574. The Bertz CT molecular complexity index is 482. The minimum absolute atomic E-state index is 0.218. The van der Waals surface area contributed by atoms with Crippen LogP contribution in [0.25, 0.3) is 0 Å². The highest BCUT2D eigenvalue weighted by Gasteiger charge is 2.25. The van der Waals surface area contributed by atoms with Crippen molar-refractivity contribution in [3.63, 3.8) is 0 Å². The Balaban J connectivity index is 0.000000823. The van der Waals surface area contributed by atoms with Gasteiger partial charge in [-0.05, 0) is 25.8 Å². The highest BCUT2D eigenvalue weighted by molar-refractivity contribution is 5.92. The number of rotatable bonds is 17. The molecule has 1 heterocycles. The summed E-state index contributed by atoms with van der Waals surface area (Å²) in [4.78, 5) is 25.5. The molecule has 31 heavy (non-hydrogen) atoms. The normalized spacial score (nSPS) is 13.1. The molecule has 182 valence electrons. The van der Waals surface area contributed by atoms with E-state index in [4.69, 9.17) is 22.3 Å². The molecule has 0 bridgehead atoms.